The molecular weight excluding hydrogens is 229 g/mol. The van der Waals surface area contributed by atoms with Crippen LogP contribution in [-0.2, 0) is 11.2 Å². The quantitative estimate of drug-likeness (QED) is 0.784. The zero-order valence-corrected chi connectivity index (χ0v) is 8.77. The van der Waals surface area contributed by atoms with E-state index >= 15 is 0 Å². The molecule has 0 spiro atoms. The first kappa shape index (κ1) is 12.3. The van der Waals surface area contributed by atoms with Gasteiger partial charge in [0.15, 0.2) is 6.10 Å². The molecule has 1 aromatic carbocycles. The minimum atomic E-state index is -4.35. The van der Waals surface area contributed by atoms with Crippen LogP contribution in [0.1, 0.15) is 5.56 Å². The van der Waals surface area contributed by atoms with E-state index in [9.17, 15) is 13.2 Å². The van der Waals surface area contributed by atoms with Gasteiger partial charge < -0.3 is 4.74 Å². The lowest BCUT2D eigenvalue weighted by molar-refractivity contribution is -0.212. The average molecular weight is 239 g/mol. The molecule has 0 N–H and O–H groups in total. The van der Waals surface area contributed by atoms with Gasteiger partial charge >= 0.3 is 6.18 Å². The molecule has 15 heavy (non-hydrogen) atoms. The largest absolute Gasteiger partial charge is 0.414 e. The van der Waals surface area contributed by atoms with Crippen LogP contribution in [0.4, 0.5) is 13.2 Å². The van der Waals surface area contributed by atoms with Crippen LogP contribution in [0.5, 0.6) is 0 Å². The van der Waals surface area contributed by atoms with E-state index in [4.69, 9.17) is 11.6 Å². The fraction of sp³-hybridized carbons (Fsp3) is 0.400. The molecule has 0 amide bonds. The van der Waals surface area contributed by atoms with Gasteiger partial charge in [-0.3, -0.25) is 0 Å². The molecule has 0 radical (unpaired) electrons. The first-order valence-corrected chi connectivity index (χ1v) is 4.65. The predicted octanol–water partition coefficient (Wildman–Crippen LogP) is 3.46. The van der Waals surface area contributed by atoms with Crippen LogP contribution >= 0.6 is 11.6 Å². The minimum absolute atomic E-state index is 0.222. The molecule has 0 heterocycles. The number of rotatable bonds is 3. The summed E-state index contributed by atoms with van der Waals surface area (Å²) in [6.07, 6.45) is -6.35. The van der Waals surface area contributed by atoms with Crippen molar-refractivity contribution in [2.24, 2.45) is 0 Å². The van der Waals surface area contributed by atoms with Gasteiger partial charge in [-0.15, -0.1) is 0 Å². The molecule has 0 aliphatic carbocycles. The first-order chi connectivity index (χ1) is 6.93. The Morgan fingerprint density at radius 2 is 2.07 bits per heavy atom. The average Bonchev–Trinajstić information content (AvgIpc) is 2.12. The summed E-state index contributed by atoms with van der Waals surface area (Å²) in [7, 11) is 1.04. The van der Waals surface area contributed by atoms with E-state index in [1.54, 1.807) is 18.2 Å². The van der Waals surface area contributed by atoms with Crippen molar-refractivity contribution in [3.8, 4) is 0 Å². The van der Waals surface area contributed by atoms with Gasteiger partial charge in [0.25, 0.3) is 0 Å². The van der Waals surface area contributed by atoms with Crippen molar-refractivity contribution in [3.05, 3.63) is 34.9 Å². The highest BCUT2D eigenvalue weighted by molar-refractivity contribution is 6.30. The highest BCUT2D eigenvalue weighted by Gasteiger charge is 2.39. The summed E-state index contributed by atoms with van der Waals surface area (Å²) >= 11 is 5.66. The second-order valence-corrected chi connectivity index (χ2v) is 3.54. The highest BCUT2D eigenvalue weighted by Crippen LogP contribution is 2.26. The Morgan fingerprint density at radius 3 is 2.53 bits per heavy atom. The van der Waals surface area contributed by atoms with Gasteiger partial charge in [0.1, 0.15) is 0 Å². The zero-order valence-electron chi connectivity index (χ0n) is 8.01. The smallest absolute Gasteiger partial charge is 0.372 e. The van der Waals surface area contributed by atoms with Crippen LogP contribution in [0.2, 0.25) is 5.02 Å². The molecule has 0 aliphatic rings. The van der Waals surface area contributed by atoms with Gasteiger partial charge in [-0.2, -0.15) is 13.2 Å². The minimum Gasteiger partial charge on any atom is -0.372 e. The lowest BCUT2D eigenvalue weighted by atomic mass is 10.1. The van der Waals surface area contributed by atoms with Gasteiger partial charge in [0.2, 0.25) is 0 Å². The maximum Gasteiger partial charge on any atom is 0.414 e. The van der Waals surface area contributed by atoms with E-state index in [0.29, 0.717) is 10.6 Å². The van der Waals surface area contributed by atoms with Crippen LogP contribution < -0.4 is 0 Å². The Hall–Kier alpha value is -0.740. The number of benzene rings is 1. The lowest BCUT2D eigenvalue weighted by Crippen LogP contribution is -2.32. The first-order valence-electron chi connectivity index (χ1n) is 4.27. The van der Waals surface area contributed by atoms with Crippen molar-refractivity contribution in [1.29, 1.82) is 0 Å². The molecule has 0 fully saturated rings. The summed E-state index contributed by atoms with van der Waals surface area (Å²) in [5.74, 6) is 0. The monoisotopic (exact) mass is 238 g/mol. The molecular formula is C10H10ClF3O. The summed E-state index contributed by atoms with van der Waals surface area (Å²) in [5, 5.41) is 0.421. The van der Waals surface area contributed by atoms with Crippen molar-refractivity contribution in [2.75, 3.05) is 7.11 Å². The molecule has 0 saturated carbocycles. The number of hydrogen-bond donors (Lipinski definition) is 0. The summed E-state index contributed by atoms with van der Waals surface area (Å²) in [6, 6.07) is 6.31. The van der Waals surface area contributed by atoms with E-state index < -0.39 is 12.3 Å². The SMILES string of the molecule is COC(Cc1cccc(Cl)c1)C(F)(F)F. The van der Waals surface area contributed by atoms with Gasteiger partial charge in [-0.1, -0.05) is 23.7 Å². The van der Waals surface area contributed by atoms with Crippen LogP contribution in [0.25, 0.3) is 0 Å². The van der Waals surface area contributed by atoms with Gasteiger partial charge in [-0.05, 0) is 17.7 Å². The normalized spacial score (nSPS) is 13.9. The maximum atomic E-state index is 12.3. The summed E-state index contributed by atoms with van der Waals surface area (Å²) < 4.78 is 41.4. The van der Waals surface area contributed by atoms with Crippen LogP contribution in [0.3, 0.4) is 0 Å². The number of halogens is 4. The third-order valence-electron chi connectivity index (χ3n) is 1.96. The molecule has 1 nitrogen and oxygen atoms in total. The molecule has 0 aromatic heterocycles. The number of alkyl halides is 3. The summed E-state index contributed by atoms with van der Waals surface area (Å²) in [4.78, 5) is 0. The van der Waals surface area contributed by atoms with Crippen molar-refractivity contribution in [3.63, 3.8) is 0 Å². The highest BCUT2D eigenvalue weighted by atomic mass is 35.5. The topological polar surface area (TPSA) is 9.23 Å². The number of hydrogen-bond acceptors (Lipinski definition) is 1. The van der Waals surface area contributed by atoms with E-state index in [1.807, 2.05) is 0 Å². The number of ether oxygens (including phenoxy) is 1. The Balaban J connectivity index is 2.76. The fourth-order valence-corrected chi connectivity index (χ4v) is 1.42. The maximum absolute atomic E-state index is 12.3. The molecule has 84 valence electrons. The van der Waals surface area contributed by atoms with Gasteiger partial charge in [-0.25, -0.2) is 0 Å². The third kappa shape index (κ3) is 3.72. The Bertz CT molecular complexity index is 325. The lowest BCUT2D eigenvalue weighted by Gasteiger charge is -2.18. The van der Waals surface area contributed by atoms with E-state index in [1.165, 1.54) is 6.07 Å². The van der Waals surface area contributed by atoms with Crippen LogP contribution in [0.15, 0.2) is 24.3 Å². The molecule has 1 atom stereocenters. The second kappa shape index (κ2) is 4.86. The van der Waals surface area contributed by atoms with Gasteiger partial charge in [0.05, 0.1) is 0 Å². The molecule has 1 aromatic rings. The molecule has 1 unspecified atom stereocenters. The molecule has 0 bridgehead atoms. The van der Waals surface area contributed by atoms with Crippen molar-refractivity contribution in [2.45, 2.75) is 18.7 Å². The summed E-state index contributed by atoms with van der Waals surface area (Å²) in [6.45, 7) is 0. The van der Waals surface area contributed by atoms with E-state index in [0.717, 1.165) is 7.11 Å². The molecule has 0 saturated heterocycles. The number of methoxy groups -OCH3 is 1. The Morgan fingerprint density at radius 1 is 1.40 bits per heavy atom. The molecule has 1 rings (SSSR count). The van der Waals surface area contributed by atoms with E-state index in [2.05, 4.69) is 4.74 Å². The Kier molecular flexibility index (Phi) is 3.99. The molecule has 5 heteroatoms. The fourth-order valence-electron chi connectivity index (χ4n) is 1.21. The van der Waals surface area contributed by atoms with E-state index in [-0.39, 0.29) is 6.42 Å². The van der Waals surface area contributed by atoms with Crippen molar-refractivity contribution < 1.29 is 17.9 Å². The van der Waals surface area contributed by atoms with Crippen molar-refractivity contribution in [1.82, 2.24) is 0 Å². The zero-order chi connectivity index (χ0) is 11.5. The van der Waals surface area contributed by atoms with Crippen molar-refractivity contribution >= 4 is 11.6 Å². The standard InChI is InChI=1S/C10H10ClF3O/c1-15-9(10(12,13)14)6-7-3-2-4-8(11)5-7/h2-5,9H,6H2,1H3. The van der Waals surface area contributed by atoms with Gasteiger partial charge in [0, 0.05) is 18.6 Å². The third-order valence-corrected chi connectivity index (χ3v) is 2.19. The summed E-state index contributed by atoms with van der Waals surface area (Å²) in [5.41, 5.74) is 0.506. The predicted molar refractivity (Wildman–Crippen MR) is 52.0 cm³/mol. The van der Waals surface area contributed by atoms with Crippen LogP contribution in [-0.4, -0.2) is 19.4 Å². The molecule has 0 aliphatic heterocycles. The second-order valence-electron chi connectivity index (χ2n) is 3.10. The Labute approximate surface area is 90.8 Å². The van der Waals surface area contributed by atoms with Crippen LogP contribution in [0, 0.1) is 0 Å².